The van der Waals surface area contributed by atoms with Gasteiger partial charge in [0, 0.05) is 18.8 Å². The maximum atomic E-state index is 14.0. The monoisotopic (exact) mass is 374 g/mol. The summed E-state index contributed by atoms with van der Waals surface area (Å²) in [5, 5.41) is 13.2. The van der Waals surface area contributed by atoms with Crippen molar-refractivity contribution in [1.29, 1.82) is 5.26 Å². The molecular formula is C19H23FN4O3. The van der Waals surface area contributed by atoms with Crippen LogP contribution in [0.1, 0.15) is 37.5 Å². The van der Waals surface area contributed by atoms with Crippen molar-refractivity contribution in [2.45, 2.75) is 39.5 Å². The quantitative estimate of drug-likeness (QED) is 0.802. The van der Waals surface area contributed by atoms with E-state index >= 15 is 0 Å². The van der Waals surface area contributed by atoms with E-state index in [9.17, 15) is 9.18 Å². The Morgan fingerprint density at radius 1 is 1.37 bits per heavy atom. The Morgan fingerprint density at radius 3 is 2.67 bits per heavy atom. The molecule has 0 aliphatic heterocycles. The molecule has 0 aliphatic carbocycles. The third-order valence-electron chi connectivity index (χ3n) is 3.60. The molecule has 0 saturated heterocycles. The van der Waals surface area contributed by atoms with Gasteiger partial charge in [0.15, 0.2) is 0 Å². The van der Waals surface area contributed by atoms with Gasteiger partial charge in [-0.1, -0.05) is 0 Å². The van der Waals surface area contributed by atoms with E-state index in [1.807, 2.05) is 20.8 Å². The zero-order valence-corrected chi connectivity index (χ0v) is 16.1. The van der Waals surface area contributed by atoms with E-state index in [1.165, 1.54) is 18.1 Å². The van der Waals surface area contributed by atoms with Crippen LogP contribution in [0.3, 0.4) is 0 Å². The lowest BCUT2D eigenvalue weighted by Gasteiger charge is -2.24. The van der Waals surface area contributed by atoms with Gasteiger partial charge >= 0.3 is 6.09 Å². The van der Waals surface area contributed by atoms with Gasteiger partial charge in [0.05, 0.1) is 26.4 Å². The summed E-state index contributed by atoms with van der Waals surface area (Å²) in [6, 6.07) is 4.68. The highest BCUT2D eigenvalue weighted by Crippen LogP contribution is 2.23. The number of carbonyl (C=O) groups excluding carboxylic acids is 1. The Labute approximate surface area is 157 Å². The molecule has 144 valence electrons. The number of halogens is 1. The first-order chi connectivity index (χ1) is 12.6. The summed E-state index contributed by atoms with van der Waals surface area (Å²) in [5.41, 5.74) is 0.734. The molecule has 0 bridgehead atoms. The molecule has 0 spiro atoms. The number of ether oxygens (including phenoxy) is 2. The van der Waals surface area contributed by atoms with Crippen molar-refractivity contribution in [2.24, 2.45) is 0 Å². The number of aromatic nitrogens is 2. The molecule has 8 heteroatoms. The number of nitriles is 1. The average molecular weight is 374 g/mol. The molecule has 0 fully saturated rings. The summed E-state index contributed by atoms with van der Waals surface area (Å²) in [4.78, 5) is 13.5. The highest BCUT2D eigenvalue weighted by molar-refractivity contribution is 5.67. The minimum atomic E-state index is -0.635. The van der Waals surface area contributed by atoms with E-state index in [0.29, 0.717) is 18.7 Å². The molecule has 27 heavy (non-hydrogen) atoms. The van der Waals surface area contributed by atoms with E-state index < -0.39 is 17.5 Å². The number of amides is 1. The van der Waals surface area contributed by atoms with Crippen LogP contribution in [-0.2, 0) is 17.8 Å². The summed E-state index contributed by atoms with van der Waals surface area (Å²) in [6.07, 6.45) is 2.98. The van der Waals surface area contributed by atoms with Crippen molar-refractivity contribution in [3.8, 4) is 11.8 Å². The van der Waals surface area contributed by atoms with Crippen LogP contribution >= 0.6 is 0 Å². The van der Waals surface area contributed by atoms with Crippen LogP contribution in [-0.4, -0.2) is 40.5 Å². The smallest absolute Gasteiger partial charge is 0.410 e. The minimum Gasteiger partial charge on any atom is -0.495 e. The second-order valence-corrected chi connectivity index (χ2v) is 7.15. The fraction of sp³-hybridized carbons (Fsp3) is 0.421. The number of methoxy groups -OCH3 is 1. The largest absolute Gasteiger partial charge is 0.495 e. The second kappa shape index (κ2) is 8.08. The third kappa shape index (κ3) is 5.45. The van der Waals surface area contributed by atoms with Crippen molar-refractivity contribution in [3.63, 3.8) is 0 Å². The molecule has 1 amide bonds. The van der Waals surface area contributed by atoms with Crippen LogP contribution in [0.15, 0.2) is 24.5 Å². The Hall–Kier alpha value is -3.08. The molecule has 1 aromatic carbocycles. The molecule has 0 atom stereocenters. The first-order valence-electron chi connectivity index (χ1n) is 8.35. The molecule has 0 saturated carbocycles. The molecule has 1 aromatic heterocycles. The van der Waals surface area contributed by atoms with Gasteiger partial charge in [0.25, 0.3) is 0 Å². The summed E-state index contributed by atoms with van der Waals surface area (Å²) < 4.78 is 26.0. The molecule has 0 aliphatic rings. The number of hydrogen-bond acceptors (Lipinski definition) is 5. The molecular weight excluding hydrogens is 351 g/mol. The zero-order chi connectivity index (χ0) is 20.2. The predicted molar refractivity (Wildman–Crippen MR) is 96.7 cm³/mol. The summed E-state index contributed by atoms with van der Waals surface area (Å²) in [7, 11) is 3.03. The van der Waals surface area contributed by atoms with Crippen molar-refractivity contribution < 1.29 is 18.7 Å². The van der Waals surface area contributed by atoms with Gasteiger partial charge in [-0.15, -0.1) is 0 Å². The van der Waals surface area contributed by atoms with Crippen LogP contribution in [0.4, 0.5) is 9.18 Å². The van der Waals surface area contributed by atoms with Crippen LogP contribution < -0.4 is 4.74 Å². The van der Waals surface area contributed by atoms with E-state index in [2.05, 4.69) is 5.10 Å². The minimum absolute atomic E-state index is 0.124. The first-order valence-corrected chi connectivity index (χ1v) is 8.35. The summed E-state index contributed by atoms with van der Waals surface area (Å²) >= 11 is 0. The third-order valence-corrected chi connectivity index (χ3v) is 3.60. The van der Waals surface area contributed by atoms with Gasteiger partial charge in [0.2, 0.25) is 0 Å². The molecule has 7 nitrogen and oxygen atoms in total. The second-order valence-electron chi connectivity index (χ2n) is 7.15. The molecule has 0 N–H and O–H groups in total. The Kier molecular flexibility index (Phi) is 6.05. The van der Waals surface area contributed by atoms with Crippen molar-refractivity contribution in [1.82, 2.24) is 14.7 Å². The van der Waals surface area contributed by atoms with Crippen LogP contribution in [0.25, 0.3) is 0 Å². The van der Waals surface area contributed by atoms with Crippen molar-refractivity contribution in [2.75, 3.05) is 14.2 Å². The maximum Gasteiger partial charge on any atom is 0.410 e. The Balaban J connectivity index is 2.07. The average Bonchev–Trinajstić information content (AvgIpc) is 2.99. The van der Waals surface area contributed by atoms with Crippen LogP contribution in [0, 0.1) is 17.1 Å². The number of nitrogens with zero attached hydrogens (tertiary/aromatic N) is 4. The van der Waals surface area contributed by atoms with E-state index in [1.54, 1.807) is 36.3 Å². The van der Waals surface area contributed by atoms with Gasteiger partial charge in [-0.25, -0.2) is 9.18 Å². The number of hydrogen-bond donors (Lipinski definition) is 0. The lowest BCUT2D eigenvalue weighted by molar-refractivity contribution is 0.0285. The molecule has 0 unspecified atom stereocenters. The topological polar surface area (TPSA) is 80.4 Å². The lowest BCUT2D eigenvalue weighted by Crippen LogP contribution is -2.33. The van der Waals surface area contributed by atoms with Gasteiger partial charge < -0.3 is 14.4 Å². The number of benzene rings is 1. The van der Waals surface area contributed by atoms with E-state index in [4.69, 9.17) is 14.7 Å². The Bertz CT molecular complexity index is 865. The highest BCUT2D eigenvalue weighted by Gasteiger charge is 2.20. The van der Waals surface area contributed by atoms with Crippen molar-refractivity contribution >= 4 is 6.09 Å². The molecule has 1 heterocycles. The zero-order valence-electron chi connectivity index (χ0n) is 16.1. The maximum absolute atomic E-state index is 14.0. The standard InChI is InChI=1S/C19H23FN4O3/c1-19(2,3)27-18(25)23(4)10-14-9-22-24(12-14)11-13-6-16(20)15(8-21)17(7-13)26-5/h6-7,9,12H,10-11H2,1-5H3. The normalized spacial score (nSPS) is 11.0. The summed E-state index contributed by atoms with van der Waals surface area (Å²) in [6.45, 7) is 6.06. The van der Waals surface area contributed by atoms with Crippen LogP contribution in [0.2, 0.25) is 0 Å². The van der Waals surface area contributed by atoms with E-state index in [-0.39, 0.29) is 11.3 Å². The van der Waals surface area contributed by atoms with Crippen molar-refractivity contribution in [3.05, 3.63) is 47.0 Å². The van der Waals surface area contributed by atoms with Gasteiger partial charge in [-0.2, -0.15) is 10.4 Å². The fourth-order valence-corrected chi connectivity index (χ4v) is 2.44. The van der Waals surface area contributed by atoms with Gasteiger partial charge in [0.1, 0.15) is 28.8 Å². The highest BCUT2D eigenvalue weighted by atomic mass is 19.1. The molecule has 2 rings (SSSR count). The van der Waals surface area contributed by atoms with E-state index in [0.717, 1.165) is 5.56 Å². The van der Waals surface area contributed by atoms with Gasteiger partial charge in [-0.05, 0) is 38.5 Å². The van der Waals surface area contributed by atoms with Gasteiger partial charge in [-0.3, -0.25) is 4.68 Å². The number of carbonyl (C=O) groups is 1. The molecule has 0 radical (unpaired) electrons. The first kappa shape index (κ1) is 20.2. The fourth-order valence-electron chi connectivity index (χ4n) is 2.44. The predicted octanol–water partition coefficient (Wildman–Crippen LogP) is 3.32. The SMILES string of the molecule is COc1cc(Cn2cc(CN(C)C(=O)OC(C)(C)C)cn2)cc(F)c1C#N. The lowest BCUT2D eigenvalue weighted by atomic mass is 10.1. The summed E-state index contributed by atoms with van der Waals surface area (Å²) in [5.74, 6) is -0.451. The Morgan fingerprint density at radius 2 is 2.07 bits per heavy atom. The van der Waals surface area contributed by atoms with Crippen LogP contribution in [0.5, 0.6) is 5.75 Å². The number of rotatable bonds is 5. The molecule has 2 aromatic rings.